The minimum atomic E-state index is 0.617. The number of aromatic nitrogens is 2. The zero-order chi connectivity index (χ0) is 13.2. The molecule has 1 saturated heterocycles. The summed E-state index contributed by atoms with van der Waals surface area (Å²) in [6.07, 6.45) is 2.40. The second-order valence-electron chi connectivity index (χ2n) is 5.47. The third-order valence-electron chi connectivity index (χ3n) is 3.97. The third-order valence-corrected chi connectivity index (χ3v) is 3.97. The van der Waals surface area contributed by atoms with Crippen LogP contribution in [0.2, 0.25) is 0 Å². The summed E-state index contributed by atoms with van der Waals surface area (Å²) in [6.45, 7) is 4.36. The van der Waals surface area contributed by atoms with E-state index in [-0.39, 0.29) is 0 Å². The number of nitrogens with one attached hydrogen (secondary N) is 1. The second-order valence-corrected chi connectivity index (χ2v) is 5.47. The standard InChI is InChI=1S/C16H21N3/c1-12-4-3-5-14(10-12)16-11-15(18-19(16)2)13-6-8-17-9-7-13/h3-5,10-11,13,17H,6-9H2,1-2H3. The first-order valence-electron chi connectivity index (χ1n) is 7.06. The quantitative estimate of drug-likeness (QED) is 0.894. The van der Waals surface area contributed by atoms with Crippen LogP contribution < -0.4 is 5.32 Å². The van der Waals surface area contributed by atoms with Gasteiger partial charge in [-0.25, -0.2) is 0 Å². The molecule has 1 aromatic heterocycles. The third kappa shape index (κ3) is 2.56. The summed E-state index contributed by atoms with van der Waals surface area (Å²) < 4.78 is 2.02. The van der Waals surface area contributed by atoms with E-state index >= 15 is 0 Å². The Labute approximate surface area is 114 Å². The van der Waals surface area contributed by atoms with Crippen molar-refractivity contribution in [3.8, 4) is 11.3 Å². The molecule has 0 aliphatic carbocycles. The molecule has 1 aliphatic rings. The van der Waals surface area contributed by atoms with Crippen LogP contribution >= 0.6 is 0 Å². The average Bonchev–Trinajstić information content (AvgIpc) is 2.82. The van der Waals surface area contributed by atoms with Crippen molar-refractivity contribution < 1.29 is 0 Å². The highest BCUT2D eigenvalue weighted by Gasteiger charge is 2.19. The molecule has 0 atom stereocenters. The number of hydrogen-bond acceptors (Lipinski definition) is 2. The molecule has 0 unspecified atom stereocenters. The molecule has 3 heteroatoms. The van der Waals surface area contributed by atoms with E-state index in [1.807, 2.05) is 11.7 Å². The molecular formula is C16H21N3. The Hall–Kier alpha value is -1.61. The summed E-state index contributed by atoms with van der Waals surface area (Å²) in [5.41, 5.74) is 5.02. The van der Waals surface area contributed by atoms with Gasteiger partial charge in [-0.2, -0.15) is 5.10 Å². The Morgan fingerprint density at radius 2 is 2.00 bits per heavy atom. The van der Waals surface area contributed by atoms with Gasteiger partial charge >= 0.3 is 0 Å². The molecule has 3 rings (SSSR count). The number of benzene rings is 1. The molecule has 0 amide bonds. The average molecular weight is 255 g/mol. The van der Waals surface area contributed by atoms with E-state index in [0.29, 0.717) is 5.92 Å². The molecule has 0 saturated carbocycles. The summed E-state index contributed by atoms with van der Waals surface area (Å²) in [6, 6.07) is 10.9. The molecule has 100 valence electrons. The number of piperidine rings is 1. The number of rotatable bonds is 2. The van der Waals surface area contributed by atoms with Crippen molar-refractivity contribution in [1.82, 2.24) is 15.1 Å². The fraction of sp³-hybridized carbons (Fsp3) is 0.438. The Morgan fingerprint density at radius 3 is 2.74 bits per heavy atom. The van der Waals surface area contributed by atoms with Crippen LogP contribution in [0.4, 0.5) is 0 Å². The highest BCUT2D eigenvalue weighted by Crippen LogP contribution is 2.28. The van der Waals surface area contributed by atoms with Crippen molar-refractivity contribution in [3.63, 3.8) is 0 Å². The molecule has 1 aliphatic heterocycles. The first-order valence-corrected chi connectivity index (χ1v) is 7.06. The Bertz CT molecular complexity index is 565. The second kappa shape index (κ2) is 5.17. The lowest BCUT2D eigenvalue weighted by Crippen LogP contribution is -2.26. The molecule has 1 N–H and O–H groups in total. The van der Waals surface area contributed by atoms with Crippen molar-refractivity contribution in [2.75, 3.05) is 13.1 Å². The van der Waals surface area contributed by atoms with Crippen LogP contribution in [0.15, 0.2) is 30.3 Å². The highest BCUT2D eigenvalue weighted by molar-refractivity contribution is 5.61. The van der Waals surface area contributed by atoms with Gasteiger partial charge in [0.15, 0.2) is 0 Å². The van der Waals surface area contributed by atoms with Gasteiger partial charge in [-0.15, -0.1) is 0 Å². The number of hydrogen-bond donors (Lipinski definition) is 1. The largest absolute Gasteiger partial charge is 0.317 e. The van der Waals surface area contributed by atoms with Gasteiger partial charge in [0, 0.05) is 18.5 Å². The van der Waals surface area contributed by atoms with E-state index in [2.05, 4.69) is 42.6 Å². The highest BCUT2D eigenvalue weighted by atomic mass is 15.3. The van der Waals surface area contributed by atoms with E-state index in [0.717, 1.165) is 13.1 Å². The molecule has 19 heavy (non-hydrogen) atoms. The maximum atomic E-state index is 4.73. The number of aryl methyl sites for hydroxylation is 2. The molecule has 3 nitrogen and oxygen atoms in total. The normalized spacial score (nSPS) is 16.7. The molecule has 0 radical (unpaired) electrons. The van der Waals surface area contributed by atoms with Gasteiger partial charge < -0.3 is 5.32 Å². The van der Waals surface area contributed by atoms with Crippen molar-refractivity contribution in [3.05, 3.63) is 41.6 Å². The van der Waals surface area contributed by atoms with E-state index in [9.17, 15) is 0 Å². The van der Waals surface area contributed by atoms with Crippen LogP contribution in [0, 0.1) is 6.92 Å². The molecular weight excluding hydrogens is 234 g/mol. The topological polar surface area (TPSA) is 29.9 Å². The lowest BCUT2D eigenvalue weighted by Gasteiger charge is -2.20. The molecule has 2 aromatic rings. The smallest absolute Gasteiger partial charge is 0.0682 e. The fourth-order valence-corrected chi connectivity index (χ4v) is 2.88. The van der Waals surface area contributed by atoms with Crippen molar-refractivity contribution in [2.45, 2.75) is 25.7 Å². The van der Waals surface area contributed by atoms with Crippen LogP contribution in [0.5, 0.6) is 0 Å². The van der Waals surface area contributed by atoms with Crippen LogP contribution in [0.25, 0.3) is 11.3 Å². The van der Waals surface area contributed by atoms with Gasteiger partial charge in [0.2, 0.25) is 0 Å². The fourth-order valence-electron chi connectivity index (χ4n) is 2.88. The van der Waals surface area contributed by atoms with Gasteiger partial charge in [-0.3, -0.25) is 4.68 Å². The minimum Gasteiger partial charge on any atom is -0.317 e. The van der Waals surface area contributed by atoms with E-state index < -0.39 is 0 Å². The Kier molecular flexibility index (Phi) is 3.38. The molecule has 0 bridgehead atoms. The summed E-state index contributed by atoms with van der Waals surface area (Å²) in [7, 11) is 2.04. The summed E-state index contributed by atoms with van der Waals surface area (Å²) in [4.78, 5) is 0. The first kappa shape index (κ1) is 12.4. The monoisotopic (exact) mass is 255 g/mol. The van der Waals surface area contributed by atoms with Gasteiger partial charge in [0.05, 0.1) is 11.4 Å². The first-order chi connectivity index (χ1) is 9.24. The molecule has 1 aromatic carbocycles. The lowest BCUT2D eigenvalue weighted by atomic mass is 9.94. The van der Waals surface area contributed by atoms with Crippen LogP contribution in [0.3, 0.4) is 0 Å². The van der Waals surface area contributed by atoms with Gasteiger partial charge in [0.1, 0.15) is 0 Å². The maximum absolute atomic E-state index is 4.73. The van der Waals surface area contributed by atoms with Gasteiger partial charge in [0.25, 0.3) is 0 Å². The van der Waals surface area contributed by atoms with E-state index in [1.165, 1.54) is 35.4 Å². The maximum Gasteiger partial charge on any atom is 0.0682 e. The predicted octanol–water partition coefficient (Wildman–Crippen LogP) is 2.86. The predicted molar refractivity (Wildman–Crippen MR) is 78.2 cm³/mol. The summed E-state index contributed by atoms with van der Waals surface area (Å²) in [5, 5.41) is 8.14. The van der Waals surface area contributed by atoms with Crippen molar-refractivity contribution in [2.24, 2.45) is 7.05 Å². The Balaban J connectivity index is 1.92. The molecule has 2 heterocycles. The summed E-state index contributed by atoms with van der Waals surface area (Å²) >= 11 is 0. The Morgan fingerprint density at radius 1 is 1.21 bits per heavy atom. The van der Waals surface area contributed by atoms with E-state index in [4.69, 9.17) is 5.10 Å². The minimum absolute atomic E-state index is 0.617. The zero-order valence-corrected chi connectivity index (χ0v) is 11.7. The lowest BCUT2D eigenvalue weighted by molar-refractivity contribution is 0.450. The van der Waals surface area contributed by atoms with E-state index in [1.54, 1.807) is 0 Å². The number of nitrogens with zero attached hydrogens (tertiary/aromatic N) is 2. The van der Waals surface area contributed by atoms with Crippen molar-refractivity contribution >= 4 is 0 Å². The van der Waals surface area contributed by atoms with Crippen LogP contribution in [0.1, 0.15) is 30.0 Å². The van der Waals surface area contributed by atoms with Gasteiger partial charge in [-0.1, -0.05) is 23.8 Å². The summed E-state index contributed by atoms with van der Waals surface area (Å²) in [5.74, 6) is 0.617. The van der Waals surface area contributed by atoms with Crippen LogP contribution in [-0.2, 0) is 7.05 Å². The van der Waals surface area contributed by atoms with Crippen molar-refractivity contribution in [1.29, 1.82) is 0 Å². The molecule has 1 fully saturated rings. The SMILES string of the molecule is Cc1cccc(-c2cc(C3CCNCC3)nn2C)c1. The van der Waals surface area contributed by atoms with Crippen LogP contribution in [-0.4, -0.2) is 22.9 Å². The van der Waals surface area contributed by atoms with Gasteiger partial charge in [-0.05, 0) is 45.0 Å². The molecule has 0 spiro atoms. The zero-order valence-electron chi connectivity index (χ0n) is 11.7.